The maximum atomic E-state index is 13.1. The van der Waals surface area contributed by atoms with Crippen LogP contribution in [0.5, 0.6) is 0 Å². The van der Waals surface area contributed by atoms with Crippen molar-refractivity contribution >= 4 is 17.7 Å². The maximum absolute atomic E-state index is 13.1. The van der Waals surface area contributed by atoms with E-state index in [1.807, 2.05) is 18.7 Å². The predicted octanol–water partition coefficient (Wildman–Crippen LogP) is 1.77. The van der Waals surface area contributed by atoms with Gasteiger partial charge < -0.3 is 15.5 Å². The fraction of sp³-hybridized carbons (Fsp3) is 0.471. The summed E-state index contributed by atoms with van der Waals surface area (Å²) in [7, 11) is 0. The Balaban J connectivity index is 1.79. The number of aromatic nitrogens is 3. The minimum absolute atomic E-state index is 0.0552. The van der Waals surface area contributed by atoms with Crippen molar-refractivity contribution < 1.29 is 13.9 Å². The second kappa shape index (κ2) is 8.05. The third kappa shape index (κ3) is 3.99. The molecule has 9 heteroatoms. The van der Waals surface area contributed by atoms with Crippen molar-refractivity contribution in [3.63, 3.8) is 0 Å². The SMILES string of the molecule is CC(C)C(Sc1nnc(-c2ccc(F)cc2)n1N)C(=O)N1CCOCC1. The Morgan fingerprint density at radius 3 is 2.50 bits per heavy atom. The number of rotatable bonds is 5. The number of carbonyl (C=O) groups is 1. The Morgan fingerprint density at radius 2 is 1.88 bits per heavy atom. The third-order valence-corrected chi connectivity index (χ3v) is 5.66. The second-order valence-corrected chi connectivity index (χ2v) is 7.51. The molecule has 3 rings (SSSR count). The molecule has 0 spiro atoms. The number of ether oxygens (including phenoxy) is 1. The van der Waals surface area contributed by atoms with E-state index in [9.17, 15) is 9.18 Å². The summed E-state index contributed by atoms with van der Waals surface area (Å²) >= 11 is 1.30. The van der Waals surface area contributed by atoms with Crippen molar-refractivity contribution in [3.8, 4) is 11.4 Å². The Kier molecular flexibility index (Phi) is 5.77. The highest BCUT2D eigenvalue weighted by molar-refractivity contribution is 8.00. The minimum Gasteiger partial charge on any atom is -0.378 e. The van der Waals surface area contributed by atoms with Gasteiger partial charge in [-0.1, -0.05) is 25.6 Å². The summed E-state index contributed by atoms with van der Waals surface area (Å²) in [6, 6.07) is 5.87. The van der Waals surface area contributed by atoms with Crippen LogP contribution in [-0.2, 0) is 9.53 Å². The van der Waals surface area contributed by atoms with Crippen LogP contribution in [0.4, 0.5) is 4.39 Å². The zero-order valence-electron chi connectivity index (χ0n) is 14.8. The highest BCUT2D eigenvalue weighted by Gasteiger charge is 2.31. The quantitative estimate of drug-likeness (QED) is 0.629. The summed E-state index contributed by atoms with van der Waals surface area (Å²) in [5.41, 5.74) is 0.661. The zero-order chi connectivity index (χ0) is 18.7. The number of halogens is 1. The van der Waals surface area contributed by atoms with Crippen LogP contribution in [0, 0.1) is 11.7 Å². The first-order valence-corrected chi connectivity index (χ1v) is 9.35. The van der Waals surface area contributed by atoms with Gasteiger partial charge in [-0.25, -0.2) is 9.07 Å². The molecular formula is C17H22FN5O2S. The van der Waals surface area contributed by atoms with E-state index in [2.05, 4.69) is 10.2 Å². The molecule has 7 nitrogen and oxygen atoms in total. The fourth-order valence-electron chi connectivity index (χ4n) is 2.70. The van der Waals surface area contributed by atoms with Gasteiger partial charge in [-0.3, -0.25) is 4.79 Å². The molecule has 1 amide bonds. The summed E-state index contributed by atoms with van der Waals surface area (Å²) in [5.74, 6) is 6.38. The number of hydrogen-bond donors (Lipinski definition) is 1. The summed E-state index contributed by atoms with van der Waals surface area (Å²) in [6.45, 7) is 6.30. The van der Waals surface area contributed by atoms with Gasteiger partial charge in [0.05, 0.1) is 18.5 Å². The summed E-state index contributed by atoms with van der Waals surface area (Å²) in [5, 5.41) is 8.36. The van der Waals surface area contributed by atoms with Gasteiger partial charge in [-0.05, 0) is 30.2 Å². The topological polar surface area (TPSA) is 86.3 Å². The van der Waals surface area contributed by atoms with Gasteiger partial charge in [0.1, 0.15) is 5.82 Å². The van der Waals surface area contributed by atoms with Crippen molar-refractivity contribution in [2.75, 3.05) is 32.1 Å². The molecule has 140 valence electrons. The van der Waals surface area contributed by atoms with E-state index >= 15 is 0 Å². The van der Waals surface area contributed by atoms with Crippen LogP contribution >= 0.6 is 11.8 Å². The Labute approximate surface area is 155 Å². The van der Waals surface area contributed by atoms with E-state index in [-0.39, 0.29) is 22.9 Å². The number of nitrogen functional groups attached to an aromatic ring is 1. The normalized spacial score (nSPS) is 16.1. The highest BCUT2D eigenvalue weighted by atomic mass is 32.2. The number of benzene rings is 1. The second-order valence-electron chi connectivity index (χ2n) is 6.40. The number of nitrogens with zero attached hydrogens (tertiary/aromatic N) is 4. The van der Waals surface area contributed by atoms with Crippen molar-refractivity contribution in [3.05, 3.63) is 30.1 Å². The predicted molar refractivity (Wildman–Crippen MR) is 97.4 cm³/mol. The molecular weight excluding hydrogens is 357 g/mol. The average molecular weight is 379 g/mol. The summed E-state index contributed by atoms with van der Waals surface area (Å²) in [4.78, 5) is 14.7. The van der Waals surface area contributed by atoms with Crippen molar-refractivity contribution in [2.45, 2.75) is 24.3 Å². The smallest absolute Gasteiger partial charge is 0.236 e. The van der Waals surface area contributed by atoms with Crippen molar-refractivity contribution in [1.82, 2.24) is 19.8 Å². The van der Waals surface area contributed by atoms with E-state index < -0.39 is 0 Å². The van der Waals surface area contributed by atoms with Gasteiger partial charge in [0.15, 0.2) is 5.82 Å². The first-order valence-electron chi connectivity index (χ1n) is 8.47. The van der Waals surface area contributed by atoms with Crippen LogP contribution in [0.1, 0.15) is 13.8 Å². The van der Waals surface area contributed by atoms with Gasteiger partial charge in [0, 0.05) is 18.7 Å². The molecule has 1 aromatic heterocycles. The average Bonchev–Trinajstić information content (AvgIpc) is 3.01. The zero-order valence-corrected chi connectivity index (χ0v) is 15.6. The van der Waals surface area contributed by atoms with Gasteiger partial charge >= 0.3 is 0 Å². The monoisotopic (exact) mass is 379 g/mol. The molecule has 1 saturated heterocycles. The standard InChI is InChI=1S/C17H22FN5O2S/c1-11(2)14(16(24)22-7-9-25-10-8-22)26-17-21-20-15(23(17)19)12-3-5-13(18)6-4-12/h3-6,11,14H,7-10,19H2,1-2H3. The number of morpholine rings is 1. The van der Waals surface area contributed by atoms with Crippen molar-refractivity contribution in [1.29, 1.82) is 0 Å². The molecule has 1 aliphatic heterocycles. The van der Waals surface area contributed by atoms with Gasteiger partial charge in [-0.15, -0.1) is 10.2 Å². The van der Waals surface area contributed by atoms with Gasteiger partial charge in [0.2, 0.25) is 11.1 Å². The first-order chi connectivity index (χ1) is 12.5. The van der Waals surface area contributed by atoms with Crippen LogP contribution in [0.25, 0.3) is 11.4 Å². The van der Waals surface area contributed by atoms with E-state index in [4.69, 9.17) is 10.6 Å². The Morgan fingerprint density at radius 1 is 1.23 bits per heavy atom. The number of amides is 1. The van der Waals surface area contributed by atoms with Crippen LogP contribution < -0.4 is 5.84 Å². The molecule has 2 N–H and O–H groups in total. The lowest BCUT2D eigenvalue weighted by Crippen LogP contribution is -2.46. The summed E-state index contributed by atoms with van der Waals surface area (Å²) in [6.07, 6.45) is 0. The lowest BCUT2D eigenvalue weighted by Gasteiger charge is -2.31. The molecule has 1 fully saturated rings. The molecule has 1 atom stereocenters. The largest absolute Gasteiger partial charge is 0.378 e. The Hall–Kier alpha value is -2.13. The van der Waals surface area contributed by atoms with Gasteiger partial charge in [-0.2, -0.15) is 0 Å². The molecule has 1 aliphatic rings. The van der Waals surface area contributed by atoms with E-state index in [0.717, 1.165) is 0 Å². The Bertz CT molecular complexity index is 759. The van der Waals surface area contributed by atoms with Crippen LogP contribution in [0.2, 0.25) is 0 Å². The number of thioether (sulfide) groups is 1. The number of hydrogen-bond acceptors (Lipinski definition) is 6. The summed E-state index contributed by atoms with van der Waals surface area (Å²) < 4.78 is 19.8. The molecule has 2 aromatic rings. The molecule has 1 unspecified atom stereocenters. The molecule has 0 aliphatic carbocycles. The third-order valence-electron chi connectivity index (χ3n) is 4.17. The fourth-order valence-corrected chi connectivity index (χ4v) is 3.74. The molecule has 0 radical (unpaired) electrons. The molecule has 2 heterocycles. The van der Waals surface area contributed by atoms with Crippen LogP contribution in [0.15, 0.2) is 29.4 Å². The van der Waals surface area contributed by atoms with Gasteiger partial charge in [0.25, 0.3) is 0 Å². The number of nitrogens with two attached hydrogens (primary N) is 1. The molecule has 1 aromatic carbocycles. The molecule has 0 saturated carbocycles. The molecule has 0 bridgehead atoms. The molecule has 26 heavy (non-hydrogen) atoms. The maximum Gasteiger partial charge on any atom is 0.236 e. The lowest BCUT2D eigenvalue weighted by atomic mass is 10.1. The van der Waals surface area contributed by atoms with Crippen molar-refractivity contribution in [2.24, 2.45) is 5.92 Å². The van der Waals surface area contributed by atoms with E-state index in [1.54, 1.807) is 12.1 Å². The van der Waals surface area contributed by atoms with Crippen LogP contribution in [0.3, 0.4) is 0 Å². The van der Waals surface area contributed by atoms with E-state index in [0.29, 0.717) is 42.8 Å². The first kappa shape index (κ1) is 18.7. The minimum atomic E-state index is -0.331. The number of carbonyl (C=O) groups excluding carboxylic acids is 1. The van der Waals surface area contributed by atoms with E-state index in [1.165, 1.54) is 28.6 Å². The van der Waals surface area contributed by atoms with Crippen LogP contribution in [-0.4, -0.2) is 57.2 Å². The highest BCUT2D eigenvalue weighted by Crippen LogP contribution is 2.30. The lowest BCUT2D eigenvalue weighted by molar-refractivity contribution is -0.135.